The summed E-state index contributed by atoms with van der Waals surface area (Å²) < 4.78 is 7.59. The van der Waals surface area contributed by atoms with E-state index in [0.29, 0.717) is 0 Å². The number of furan rings is 1. The summed E-state index contributed by atoms with van der Waals surface area (Å²) in [6.07, 6.45) is 3.02. The first-order valence-corrected chi connectivity index (χ1v) is 7.56. The van der Waals surface area contributed by atoms with Gasteiger partial charge in [-0.2, -0.15) is 4.52 Å². The lowest BCUT2D eigenvalue weighted by Crippen LogP contribution is -2.03. The summed E-state index contributed by atoms with van der Waals surface area (Å²) in [6.45, 7) is 8.25. The lowest BCUT2D eigenvalue weighted by molar-refractivity contribution is 0.541. The molecule has 0 radical (unpaired) electrons. The van der Waals surface area contributed by atoms with Crippen molar-refractivity contribution in [3.63, 3.8) is 0 Å². The molecule has 22 heavy (non-hydrogen) atoms. The third-order valence-corrected chi connectivity index (χ3v) is 3.93. The van der Waals surface area contributed by atoms with E-state index in [0.717, 1.165) is 46.5 Å². The molecular weight excluding hydrogens is 276 g/mol. The Balaban J connectivity index is 2.05. The largest absolute Gasteiger partial charge is 0.458 e. The maximum Gasteiger partial charge on any atom is 0.199 e. The molecule has 0 amide bonds. The zero-order valence-corrected chi connectivity index (χ0v) is 13.2. The van der Waals surface area contributed by atoms with Crippen LogP contribution in [-0.2, 0) is 6.42 Å². The van der Waals surface area contributed by atoms with Crippen molar-refractivity contribution in [2.45, 2.75) is 40.0 Å². The molecule has 3 heterocycles. The predicted molar refractivity (Wildman–Crippen MR) is 84.7 cm³/mol. The van der Waals surface area contributed by atoms with Crippen LogP contribution in [0, 0.1) is 6.92 Å². The zero-order valence-electron chi connectivity index (χ0n) is 13.2. The molecule has 4 rings (SSSR count). The molecule has 0 aromatic carbocycles. The van der Waals surface area contributed by atoms with Crippen molar-refractivity contribution in [3.8, 4) is 11.6 Å². The Labute approximate surface area is 128 Å². The Kier molecular flexibility index (Phi) is 2.73. The Morgan fingerprint density at radius 2 is 2.00 bits per heavy atom. The second kappa shape index (κ2) is 4.53. The van der Waals surface area contributed by atoms with Gasteiger partial charge in [-0.25, -0.2) is 9.97 Å². The Hall–Kier alpha value is -2.43. The molecule has 0 atom stereocenters. The fourth-order valence-corrected chi connectivity index (χ4v) is 2.82. The highest BCUT2D eigenvalue weighted by Crippen LogP contribution is 2.31. The van der Waals surface area contributed by atoms with Gasteiger partial charge in [0.15, 0.2) is 23.1 Å². The molecule has 5 heteroatoms. The van der Waals surface area contributed by atoms with E-state index in [9.17, 15) is 0 Å². The number of allylic oxidation sites excluding steroid dienone is 1. The summed E-state index contributed by atoms with van der Waals surface area (Å²) in [4.78, 5) is 9.54. The second-order valence-electron chi connectivity index (χ2n) is 6.23. The van der Waals surface area contributed by atoms with Gasteiger partial charge in [0.2, 0.25) is 0 Å². The van der Waals surface area contributed by atoms with E-state index in [1.807, 2.05) is 23.6 Å². The Bertz CT molecular complexity index is 914. The van der Waals surface area contributed by atoms with E-state index in [1.165, 1.54) is 5.57 Å². The van der Waals surface area contributed by atoms with Crippen LogP contribution in [0.2, 0.25) is 0 Å². The van der Waals surface area contributed by atoms with Crippen molar-refractivity contribution in [2.75, 3.05) is 0 Å². The third-order valence-electron chi connectivity index (χ3n) is 3.93. The number of fused-ring (bicyclic) bond motifs is 3. The average Bonchev–Trinajstić information content (AvgIpc) is 3.13. The van der Waals surface area contributed by atoms with Crippen LogP contribution < -0.4 is 0 Å². The van der Waals surface area contributed by atoms with Crippen molar-refractivity contribution in [3.05, 3.63) is 40.5 Å². The minimum absolute atomic E-state index is 0.271. The monoisotopic (exact) mass is 294 g/mol. The second-order valence-corrected chi connectivity index (χ2v) is 6.23. The van der Waals surface area contributed by atoms with Crippen LogP contribution in [-0.4, -0.2) is 19.6 Å². The molecule has 0 spiro atoms. The molecule has 0 saturated carbocycles. The van der Waals surface area contributed by atoms with E-state index >= 15 is 0 Å². The van der Waals surface area contributed by atoms with Crippen molar-refractivity contribution >= 4 is 11.7 Å². The van der Waals surface area contributed by atoms with Gasteiger partial charge in [0.25, 0.3) is 0 Å². The fraction of sp³-hybridized carbons (Fsp3) is 0.353. The molecule has 3 aromatic rings. The number of hydrogen-bond acceptors (Lipinski definition) is 4. The van der Waals surface area contributed by atoms with Gasteiger partial charge < -0.3 is 4.42 Å². The number of aromatic nitrogens is 4. The smallest absolute Gasteiger partial charge is 0.199 e. The molecular formula is C17H18N4O. The Morgan fingerprint density at radius 3 is 2.68 bits per heavy atom. The van der Waals surface area contributed by atoms with E-state index in [4.69, 9.17) is 14.4 Å². The van der Waals surface area contributed by atoms with E-state index in [1.54, 1.807) is 0 Å². The van der Waals surface area contributed by atoms with Gasteiger partial charge in [0, 0.05) is 17.9 Å². The molecule has 0 bridgehead atoms. The first-order valence-electron chi connectivity index (χ1n) is 7.56. The molecule has 1 aliphatic rings. The third kappa shape index (κ3) is 1.89. The zero-order chi connectivity index (χ0) is 15.4. The molecule has 0 saturated heterocycles. The van der Waals surface area contributed by atoms with Gasteiger partial charge >= 0.3 is 0 Å². The van der Waals surface area contributed by atoms with Gasteiger partial charge in [-0.15, -0.1) is 5.10 Å². The van der Waals surface area contributed by atoms with Gasteiger partial charge in [-0.1, -0.05) is 25.5 Å². The first kappa shape index (κ1) is 13.2. The lowest BCUT2D eigenvalue weighted by Gasteiger charge is -2.05. The van der Waals surface area contributed by atoms with Gasteiger partial charge in [0.05, 0.1) is 5.69 Å². The highest BCUT2D eigenvalue weighted by molar-refractivity contribution is 5.75. The molecule has 0 unspecified atom stereocenters. The van der Waals surface area contributed by atoms with Crippen molar-refractivity contribution < 1.29 is 4.42 Å². The summed E-state index contributed by atoms with van der Waals surface area (Å²) >= 11 is 0. The normalized spacial score (nSPS) is 14.0. The average molecular weight is 294 g/mol. The summed E-state index contributed by atoms with van der Waals surface area (Å²) in [5.41, 5.74) is 4.31. The highest BCUT2D eigenvalue weighted by Gasteiger charge is 2.23. The van der Waals surface area contributed by atoms with Crippen LogP contribution in [0.25, 0.3) is 23.3 Å². The molecule has 5 nitrogen and oxygen atoms in total. The molecule has 3 aromatic heterocycles. The predicted octanol–water partition coefficient (Wildman–Crippen LogP) is 3.78. The number of hydrogen-bond donors (Lipinski definition) is 0. The molecule has 0 N–H and O–H groups in total. The maximum atomic E-state index is 5.77. The van der Waals surface area contributed by atoms with Crippen LogP contribution in [0.4, 0.5) is 0 Å². The molecule has 0 fully saturated rings. The minimum Gasteiger partial charge on any atom is -0.458 e. The summed E-state index contributed by atoms with van der Waals surface area (Å²) in [7, 11) is 0. The van der Waals surface area contributed by atoms with Gasteiger partial charge in [-0.3, -0.25) is 0 Å². The quantitative estimate of drug-likeness (QED) is 0.722. The number of aryl methyl sites for hydroxylation is 1. The maximum absolute atomic E-state index is 5.77. The topological polar surface area (TPSA) is 56.2 Å². The van der Waals surface area contributed by atoms with E-state index < -0.39 is 0 Å². The summed E-state index contributed by atoms with van der Waals surface area (Å²) in [6, 6.07) is 3.88. The van der Waals surface area contributed by atoms with Crippen LogP contribution in [0.15, 0.2) is 22.1 Å². The molecule has 0 aliphatic heterocycles. The lowest BCUT2D eigenvalue weighted by atomic mass is 10.2. The van der Waals surface area contributed by atoms with Crippen molar-refractivity contribution in [1.29, 1.82) is 0 Å². The number of rotatable bonds is 2. The molecule has 112 valence electrons. The number of nitrogens with zero attached hydrogens (tertiary/aromatic N) is 4. The minimum atomic E-state index is 0.271. The van der Waals surface area contributed by atoms with Crippen LogP contribution >= 0.6 is 0 Å². The highest BCUT2D eigenvalue weighted by atomic mass is 16.3. The summed E-state index contributed by atoms with van der Waals surface area (Å²) in [5, 5.41) is 4.65. The fourth-order valence-electron chi connectivity index (χ4n) is 2.82. The van der Waals surface area contributed by atoms with Gasteiger partial charge in [-0.05, 0) is 26.0 Å². The first-order chi connectivity index (χ1) is 10.5. The van der Waals surface area contributed by atoms with Crippen LogP contribution in [0.1, 0.15) is 49.5 Å². The van der Waals surface area contributed by atoms with E-state index in [2.05, 4.69) is 31.9 Å². The van der Waals surface area contributed by atoms with Crippen molar-refractivity contribution in [2.24, 2.45) is 0 Å². The summed E-state index contributed by atoms with van der Waals surface area (Å²) in [5.74, 6) is 3.43. The Morgan fingerprint density at radius 1 is 1.18 bits per heavy atom. The van der Waals surface area contributed by atoms with Crippen LogP contribution in [0.5, 0.6) is 0 Å². The van der Waals surface area contributed by atoms with E-state index in [-0.39, 0.29) is 5.92 Å². The SMILES string of the molecule is CC1=Cc2c(nc(-c3ccc(C)o3)n3nc(C(C)C)nc23)C1. The standard InChI is InChI=1S/C17H18N4O/c1-9(2)15-19-16-12-7-10(3)8-13(12)18-17(21(16)20-15)14-6-5-11(4)22-14/h5-7,9H,8H2,1-4H3. The van der Waals surface area contributed by atoms with Crippen LogP contribution in [0.3, 0.4) is 0 Å². The van der Waals surface area contributed by atoms with Crippen molar-refractivity contribution in [1.82, 2.24) is 19.6 Å². The molecule has 1 aliphatic carbocycles. The van der Waals surface area contributed by atoms with Gasteiger partial charge in [0.1, 0.15) is 5.76 Å².